The fourth-order valence-corrected chi connectivity index (χ4v) is 3.18. The van der Waals surface area contributed by atoms with E-state index in [0.717, 1.165) is 38.1 Å². The van der Waals surface area contributed by atoms with Gasteiger partial charge in [0.2, 0.25) is 0 Å². The van der Waals surface area contributed by atoms with Crippen molar-refractivity contribution in [2.45, 2.75) is 24.8 Å². The fourth-order valence-electron chi connectivity index (χ4n) is 1.83. The van der Waals surface area contributed by atoms with Crippen molar-refractivity contribution in [3.8, 4) is 0 Å². The summed E-state index contributed by atoms with van der Waals surface area (Å²) in [7, 11) is 4.11. The first kappa shape index (κ1) is 13.8. The molecular formula is C11H22N2O2S. The van der Waals surface area contributed by atoms with Crippen molar-refractivity contribution in [2.75, 3.05) is 38.7 Å². The Morgan fingerprint density at radius 2 is 2.25 bits per heavy atom. The molecule has 0 bridgehead atoms. The van der Waals surface area contributed by atoms with Gasteiger partial charge in [0.1, 0.15) is 5.54 Å². The lowest BCUT2D eigenvalue weighted by molar-refractivity contribution is -0.143. The van der Waals surface area contributed by atoms with Crippen molar-refractivity contribution in [1.82, 2.24) is 10.2 Å². The van der Waals surface area contributed by atoms with Crippen LogP contribution in [0.4, 0.5) is 0 Å². The maximum Gasteiger partial charge on any atom is 0.324 e. The number of carboxylic acid groups (broad SMARTS) is 1. The van der Waals surface area contributed by atoms with Gasteiger partial charge in [-0.15, -0.1) is 0 Å². The van der Waals surface area contributed by atoms with Crippen LogP contribution in [0.15, 0.2) is 0 Å². The number of thioether (sulfide) groups is 1. The van der Waals surface area contributed by atoms with Crippen LogP contribution < -0.4 is 5.32 Å². The number of unbranched alkanes of at least 4 members (excludes halogenated alkanes) is 1. The highest BCUT2D eigenvalue weighted by Crippen LogP contribution is 2.28. The van der Waals surface area contributed by atoms with Crippen molar-refractivity contribution < 1.29 is 9.90 Å². The number of carbonyl (C=O) groups is 1. The van der Waals surface area contributed by atoms with E-state index in [-0.39, 0.29) is 0 Å². The lowest BCUT2D eigenvalue weighted by atomic mass is 9.99. The second-order valence-electron chi connectivity index (χ2n) is 4.63. The normalized spacial score (nSPS) is 25.2. The Kier molecular flexibility index (Phi) is 5.58. The zero-order valence-electron chi connectivity index (χ0n) is 10.2. The van der Waals surface area contributed by atoms with Crippen LogP contribution in [0.5, 0.6) is 0 Å². The average molecular weight is 246 g/mol. The van der Waals surface area contributed by atoms with Gasteiger partial charge in [-0.3, -0.25) is 4.79 Å². The minimum absolute atomic E-state index is 0.650. The molecule has 0 amide bonds. The molecule has 16 heavy (non-hydrogen) atoms. The van der Waals surface area contributed by atoms with E-state index in [1.54, 1.807) is 11.8 Å². The van der Waals surface area contributed by atoms with Gasteiger partial charge >= 0.3 is 5.97 Å². The molecule has 94 valence electrons. The van der Waals surface area contributed by atoms with E-state index in [2.05, 4.69) is 24.3 Å². The fraction of sp³-hybridized carbons (Fsp3) is 0.909. The molecule has 5 heteroatoms. The summed E-state index contributed by atoms with van der Waals surface area (Å²) in [6, 6.07) is 0. The molecule has 1 rings (SSSR count). The molecule has 0 aromatic heterocycles. The molecule has 0 aromatic carbocycles. The number of nitrogens with one attached hydrogen (secondary N) is 1. The van der Waals surface area contributed by atoms with E-state index in [1.807, 2.05) is 0 Å². The zero-order chi connectivity index (χ0) is 12.0. The van der Waals surface area contributed by atoms with E-state index in [4.69, 9.17) is 0 Å². The van der Waals surface area contributed by atoms with Crippen LogP contribution >= 0.6 is 11.8 Å². The van der Waals surface area contributed by atoms with Crippen molar-refractivity contribution >= 4 is 17.7 Å². The highest BCUT2D eigenvalue weighted by Gasteiger charge is 2.41. The number of nitrogens with zero attached hydrogens (tertiary/aromatic N) is 1. The van der Waals surface area contributed by atoms with Crippen molar-refractivity contribution in [1.29, 1.82) is 0 Å². The zero-order valence-corrected chi connectivity index (χ0v) is 11.0. The van der Waals surface area contributed by atoms with Crippen molar-refractivity contribution in [2.24, 2.45) is 0 Å². The molecule has 4 nitrogen and oxygen atoms in total. The number of hydrogen-bond donors (Lipinski definition) is 2. The highest BCUT2D eigenvalue weighted by molar-refractivity contribution is 7.99. The predicted molar refractivity (Wildman–Crippen MR) is 68.1 cm³/mol. The Morgan fingerprint density at radius 1 is 1.50 bits per heavy atom. The molecular weight excluding hydrogens is 224 g/mol. The van der Waals surface area contributed by atoms with E-state index >= 15 is 0 Å². The van der Waals surface area contributed by atoms with E-state index in [1.165, 1.54) is 0 Å². The van der Waals surface area contributed by atoms with Crippen LogP contribution in [0, 0.1) is 0 Å². The average Bonchev–Trinajstić information content (AvgIpc) is 2.66. The topological polar surface area (TPSA) is 52.6 Å². The third kappa shape index (κ3) is 3.96. The third-order valence-electron chi connectivity index (χ3n) is 2.93. The van der Waals surface area contributed by atoms with Gasteiger partial charge in [0.05, 0.1) is 0 Å². The summed E-state index contributed by atoms with van der Waals surface area (Å²) in [5.74, 6) is 0.970. The highest BCUT2D eigenvalue weighted by atomic mass is 32.2. The smallest absolute Gasteiger partial charge is 0.324 e. The standard InChI is InChI=1S/C11H22N2O2S/c1-13(2)7-4-3-6-12-11(10(14)15)5-8-16-9-11/h12H,3-9H2,1-2H3,(H,14,15). The molecule has 1 aliphatic heterocycles. The van der Waals surface area contributed by atoms with Gasteiger partial charge in [-0.2, -0.15) is 11.8 Å². The molecule has 0 radical (unpaired) electrons. The first-order valence-corrected chi connectivity index (χ1v) is 6.93. The van der Waals surface area contributed by atoms with Gasteiger partial charge in [-0.05, 0) is 52.2 Å². The van der Waals surface area contributed by atoms with Crippen LogP contribution in [-0.4, -0.2) is 60.2 Å². The molecule has 0 saturated carbocycles. The number of aliphatic carboxylic acids is 1. The van der Waals surface area contributed by atoms with E-state index < -0.39 is 11.5 Å². The third-order valence-corrected chi connectivity index (χ3v) is 4.12. The van der Waals surface area contributed by atoms with Gasteiger partial charge in [0, 0.05) is 5.75 Å². The van der Waals surface area contributed by atoms with Crippen LogP contribution in [0.1, 0.15) is 19.3 Å². The number of hydrogen-bond acceptors (Lipinski definition) is 4. The SMILES string of the molecule is CN(C)CCCCNC1(C(=O)O)CCSC1. The predicted octanol–water partition coefficient (Wildman–Crippen LogP) is 0.878. The Morgan fingerprint density at radius 3 is 2.75 bits per heavy atom. The number of carboxylic acids is 1. The molecule has 1 fully saturated rings. The Balaban J connectivity index is 2.21. The van der Waals surface area contributed by atoms with Gasteiger partial charge in [-0.25, -0.2) is 0 Å². The van der Waals surface area contributed by atoms with Gasteiger partial charge < -0.3 is 15.3 Å². The van der Waals surface area contributed by atoms with Crippen LogP contribution in [0.3, 0.4) is 0 Å². The second kappa shape index (κ2) is 6.47. The molecule has 1 atom stereocenters. The lowest BCUT2D eigenvalue weighted by Gasteiger charge is -2.24. The lowest BCUT2D eigenvalue weighted by Crippen LogP contribution is -2.52. The van der Waals surface area contributed by atoms with Crippen molar-refractivity contribution in [3.63, 3.8) is 0 Å². The monoisotopic (exact) mass is 246 g/mol. The Bertz CT molecular complexity index is 228. The summed E-state index contributed by atoms with van der Waals surface area (Å²) in [6.07, 6.45) is 2.90. The van der Waals surface area contributed by atoms with Gasteiger partial charge in [-0.1, -0.05) is 0 Å². The summed E-state index contributed by atoms with van der Waals surface area (Å²) >= 11 is 1.73. The molecule has 0 aliphatic carbocycles. The van der Waals surface area contributed by atoms with E-state index in [0.29, 0.717) is 5.75 Å². The van der Waals surface area contributed by atoms with Crippen LogP contribution in [0.2, 0.25) is 0 Å². The van der Waals surface area contributed by atoms with Gasteiger partial charge in [0.25, 0.3) is 0 Å². The summed E-state index contributed by atoms with van der Waals surface area (Å²) in [5.41, 5.74) is -0.650. The Labute approximate surface area is 102 Å². The molecule has 0 spiro atoms. The summed E-state index contributed by atoms with van der Waals surface area (Å²) in [5, 5.41) is 12.5. The quantitative estimate of drug-likeness (QED) is 0.653. The minimum atomic E-state index is -0.690. The first-order valence-electron chi connectivity index (χ1n) is 5.78. The second-order valence-corrected chi connectivity index (χ2v) is 5.73. The maximum absolute atomic E-state index is 11.2. The largest absolute Gasteiger partial charge is 0.480 e. The number of rotatable bonds is 7. The molecule has 1 aliphatic rings. The minimum Gasteiger partial charge on any atom is -0.480 e. The van der Waals surface area contributed by atoms with Crippen molar-refractivity contribution in [3.05, 3.63) is 0 Å². The summed E-state index contributed by atoms with van der Waals surface area (Å²) < 4.78 is 0. The molecule has 1 saturated heterocycles. The molecule has 2 N–H and O–H groups in total. The van der Waals surface area contributed by atoms with Gasteiger partial charge in [0.15, 0.2) is 0 Å². The molecule has 0 aromatic rings. The van der Waals surface area contributed by atoms with Crippen LogP contribution in [-0.2, 0) is 4.79 Å². The Hall–Kier alpha value is -0.260. The molecule has 1 heterocycles. The summed E-state index contributed by atoms with van der Waals surface area (Å²) in [6.45, 7) is 1.87. The summed E-state index contributed by atoms with van der Waals surface area (Å²) in [4.78, 5) is 13.4. The van der Waals surface area contributed by atoms with Crippen LogP contribution in [0.25, 0.3) is 0 Å². The molecule has 1 unspecified atom stereocenters. The van der Waals surface area contributed by atoms with E-state index in [9.17, 15) is 9.90 Å². The first-order chi connectivity index (χ1) is 7.57. The maximum atomic E-state index is 11.2.